The lowest BCUT2D eigenvalue weighted by molar-refractivity contribution is -0.137. The highest BCUT2D eigenvalue weighted by atomic mass is 19.4. The summed E-state index contributed by atoms with van der Waals surface area (Å²) in [6.07, 6.45) is -9.81. The molecule has 2 aromatic heterocycles. The third-order valence-electron chi connectivity index (χ3n) is 13.0. The van der Waals surface area contributed by atoms with Crippen molar-refractivity contribution in [2.24, 2.45) is 0 Å². The van der Waals surface area contributed by atoms with Crippen molar-refractivity contribution in [2.75, 3.05) is 0 Å². The largest absolute Gasteiger partial charge is 0.417 e. The Balaban J connectivity index is 1.32. The van der Waals surface area contributed by atoms with Crippen LogP contribution in [0.1, 0.15) is 16.7 Å². The highest BCUT2D eigenvalue weighted by molar-refractivity contribution is 6.13. The van der Waals surface area contributed by atoms with Crippen molar-refractivity contribution in [3.05, 3.63) is 240 Å². The van der Waals surface area contributed by atoms with Gasteiger partial charge in [0.05, 0.1) is 57.4 Å². The van der Waals surface area contributed by atoms with Crippen molar-refractivity contribution >= 4 is 27.5 Å². The molecule has 11 rings (SSSR count). The standard InChI is InChI=1S/C62H35F6N5/c1-70-54-27-15-12-22-45(54)41-29-31-58-49(33-41)48-32-40(44-21-9-8-20-42(44)37-69)28-30-57(48)73(58)59-50(46-23-10-13-25-52(46)61(63,64)65)34-43(35-51(59)47-24-11-14-26-53(47)62(66,67)68)56-36-55(38-16-4-2-5-17-38)71-60(72-56)39-18-6-3-7-19-39/h2-36H. The normalized spacial score (nSPS) is 11.7. The summed E-state index contributed by atoms with van der Waals surface area (Å²) in [5.74, 6) is 0.294. The quantitative estimate of drug-likeness (QED) is 0.113. The van der Waals surface area contributed by atoms with Gasteiger partial charge < -0.3 is 4.57 Å². The van der Waals surface area contributed by atoms with Crippen LogP contribution in [-0.4, -0.2) is 14.5 Å². The molecule has 0 aliphatic heterocycles. The SMILES string of the molecule is [C-]#[N+]c1ccccc1-c1ccc2c(c1)c1cc(-c3ccccc3C#N)ccc1n2-c1c(-c2ccccc2C(F)(F)F)cc(-c2cc(-c3ccccc3)nc(-c3ccccc3)n2)cc1-c1ccccc1C(F)(F)F. The molecule has 0 amide bonds. The number of nitrogens with zero attached hydrogens (tertiary/aromatic N) is 5. The number of halogens is 6. The molecule has 0 aliphatic rings. The van der Waals surface area contributed by atoms with Crippen molar-refractivity contribution < 1.29 is 26.3 Å². The van der Waals surface area contributed by atoms with Gasteiger partial charge in [0.1, 0.15) is 0 Å². The lowest BCUT2D eigenvalue weighted by Crippen LogP contribution is -2.11. The average Bonchev–Trinajstić information content (AvgIpc) is 3.75. The molecule has 0 aliphatic carbocycles. The smallest absolute Gasteiger partial charge is 0.308 e. The molecule has 11 aromatic rings. The molecule has 0 atom stereocenters. The second-order valence-electron chi connectivity index (χ2n) is 17.3. The summed E-state index contributed by atoms with van der Waals surface area (Å²) in [7, 11) is 0. The Kier molecular flexibility index (Phi) is 11.5. The lowest BCUT2D eigenvalue weighted by atomic mass is 9.88. The number of alkyl halides is 6. The molecule has 0 unspecified atom stereocenters. The summed E-state index contributed by atoms with van der Waals surface area (Å²) in [4.78, 5) is 13.7. The van der Waals surface area contributed by atoms with Gasteiger partial charge in [-0.15, -0.1) is 0 Å². The van der Waals surface area contributed by atoms with E-state index in [-0.39, 0.29) is 39.2 Å². The Morgan fingerprint density at radius 1 is 0.425 bits per heavy atom. The number of aromatic nitrogens is 3. The minimum atomic E-state index is -4.90. The summed E-state index contributed by atoms with van der Waals surface area (Å²) in [6, 6.07) is 60.7. The van der Waals surface area contributed by atoms with Crippen LogP contribution in [0.3, 0.4) is 0 Å². The van der Waals surface area contributed by atoms with Crippen LogP contribution >= 0.6 is 0 Å². The number of benzene rings is 9. The molecule has 0 fully saturated rings. The Morgan fingerprint density at radius 3 is 1.41 bits per heavy atom. The average molecular weight is 964 g/mol. The summed E-state index contributed by atoms with van der Waals surface area (Å²) >= 11 is 0. The van der Waals surface area contributed by atoms with Crippen LogP contribution < -0.4 is 0 Å². The van der Waals surface area contributed by atoms with Gasteiger partial charge in [0.15, 0.2) is 11.5 Å². The van der Waals surface area contributed by atoms with Crippen molar-refractivity contribution in [1.29, 1.82) is 5.26 Å². The molecular formula is C62H35F6N5. The zero-order chi connectivity index (χ0) is 50.4. The molecule has 0 saturated heterocycles. The Labute approximate surface area is 415 Å². The third-order valence-corrected chi connectivity index (χ3v) is 13.0. The van der Waals surface area contributed by atoms with Gasteiger partial charge in [-0.1, -0.05) is 152 Å². The first-order chi connectivity index (χ1) is 35.4. The molecule has 9 aromatic carbocycles. The lowest BCUT2D eigenvalue weighted by Gasteiger charge is -2.24. The number of para-hydroxylation sites is 1. The number of rotatable bonds is 8. The van der Waals surface area contributed by atoms with Crippen LogP contribution in [0.25, 0.3) is 111 Å². The van der Waals surface area contributed by atoms with Crippen molar-refractivity contribution in [3.63, 3.8) is 0 Å². The molecule has 0 spiro atoms. The van der Waals surface area contributed by atoms with Crippen LogP contribution in [0.5, 0.6) is 0 Å². The molecule has 0 N–H and O–H groups in total. The number of hydrogen-bond acceptors (Lipinski definition) is 3. The Morgan fingerprint density at radius 2 is 0.877 bits per heavy atom. The van der Waals surface area contributed by atoms with Gasteiger partial charge in [0, 0.05) is 38.6 Å². The molecule has 73 heavy (non-hydrogen) atoms. The second-order valence-corrected chi connectivity index (χ2v) is 17.3. The second kappa shape index (κ2) is 18.3. The maximum Gasteiger partial charge on any atom is 0.417 e. The van der Waals surface area contributed by atoms with Crippen LogP contribution in [0, 0.1) is 17.9 Å². The van der Waals surface area contributed by atoms with E-state index < -0.39 is 23.5 Å². The van der Waals surface area contributed by atoms with Crippen molar-refractivity contribution in [3.8, 4) is 90.2 Å². The Bertz CT molecular complexity index is 3780. The molecule has 0 saturated carbocycles. The van der Waals surface area contributed by atoms with E-state index in [4.69, 9.17) is 16.5 Å². The third kappa shape index (κ3) is 8.43. The van der Waals surface area contributed by atoms with Gasteiger partial charge in [0.2, 0.25) is 0 Å². The first-order valence-corrected chi connectivity index (χ1v) is 23.0. The fourth-order valence-electron chi connectivity index (χ4n) is 9.68. The first kappa shape index (κ1) is 45.8. The maximum absolute atomic E-state index is 15.6. The predicted molar refractivity (Wildman–Crippen MR) is 275 cm³/mol. The van der Waals surface area contributed by atoms with E-state index >= 15 is 26.3 Å². The van der Waals surface area contributed by atoms with E-state index in [1.807, 2.05) is 97.1 Å². The number of nitriles is 1. The minimum Gasteiger partial charge on any atom is -0.308 e. The fraction of sp³-hybridized carbons (Fsp3) is 0.0323. The monoisotopic (exact) mass is 963 g/mol. The van der Waals surface area contributed by atoms with Crippen molar-refractivity contribution in [1.82, 2.24) is 14.5 Å². The highest BCUT2D eigenvalue weighted by Crippen LogP contribution is 2.50. The zero-order valence-electron chi connectivity index (χ0n) is 38.2. The molecule has 5 nitrogen and oxygen atoms in total. The van der Waals surface area contributed by atoms with Gasteiger partial charge in [-0.2, -0.15) is 31.6 Å². The topological polar surface area (TPSA) is 58.9 Å². The predicted octanol–water partition coefficient (Wildman–Crippen LogP) is 17.7. The van der Waals surface area contributed by atoms with Crippen LogP contribution in [-0.2, 0) is 12.4 Å². The summed E-state index contributed by atoms with van der Waals surface area (Å²) in [6.45, 7) is 7.96. The van der Waals surface area contributed by atoms with Crippen molar-refractivity contribution in [2.45, 2.75) is 12.4 Å². The first-order valence-electron chi connectivity index (χ1n) is 23.0. The van der Waals surface area contributed by atoms with Gasteiger partial charge >= 0.3 is 12.4 Å². The number of fused-ring (bicyclic) bond motifs is 3. The van der Waals surface area contributed by atoms with Crippen LogP contribution in [0.2, 0.25) is 0 Å². The molecule has 0 bridgehead atoms. The van der Waals surface area contributed by atoms with E-state index in [1.165, 1.54) is 36.4 Å². The van der Waals surface area contributed by atoms with E-state index in [9.17, 15) is 5.26 Å². The number of hydrogen-bond donors (Lipinski definition) is 0. The minimum absolute atomic E-state index is 0.0290. The van der Waals surface area contributed by atoms with E-state index in [0.29, 0.717) is 78.0 Å². The molecule has 2 heterocycles. The zero-order valence-corrected chi connectivity index (χ0v) is 38.2. The maximum atomic E-state index is 15.6. The summed E-state index contributed by atoms with van der Waals surface area (Å²) in [5.41, 5.74) is 3.99. The van der Waals surface area contributed by atoms with Crippen LogP contribution in [0.15, 0.2) is 212 Å². The molecule has 11 heteroatoms. The highest BCUT2D eigenvalue weighted by Gasteiger charge is 2.37. The molecule has 350 valence electrons. The van der Waals surface area contributed by atoms with Gasteiger partial charge in [-0.05, 0) is 94.0 Å². The van der Waals surface area contributed by atoms with Gasteiger partial charge in [0.25, 0.3) is 0 Å². The van der Waals surface area contributed by atoms with E-state index in [2.05, 4.69) is 10.9 Å². The van der Waals surface area contributed by atoms with E-state index in [0.717, 1.165) is 12.1 Å². The van der Waals surface area contributed by atoms with E-state index in [1.54, 1.807) is 71.3 Å². The molecule has 0 radical (unpaired) electrons. The Hall–Kier alpha value is -9.58. The molecular weight excluding hydrogens is 929 g/mol. The van der Waals surface area contributed by atoms with Gasteiger partial charge in [-0.3, -0.25) is 0 Å². The summed E-state index contributed by atoms with van der Waals surface area (Å²) < 4.78 is 95.2. The van der Waals surface area contributed by atoms with Gasteiger partial charge in [-0.25, -0.2) is 14.8 Å². The van der Waals surface area contributed by atoms with Crippen LogP contribution in [0.4, 0.5) is 32.0 Å². The summed E-state index contributed by atoms with van der Waals surface area (Å²) in [5, 5.41) is 11.4. The fourth-order valence-corrected chi connectivity index (χ4v) is 9.68.